The van der Waals surface area contributed by atoms with Gasteiger partial charge in [0.1, 0.15) is 17.6 Å². The molecule has 1 unspecified atom stereocenters. The molecule has 0 aliphatic carbocycles. The van der Waals surface area contributed by atoms with Crippen molar-refractivity contribution in [3.8, 4) is 5.75 Å². The molecule has 1 aliphatic rings. The Morgan fingerprint density at radius 2 is 1.88 bits per heavy atom. The van der Waals surface area contributed by atoms with E-state index < -0.39 is 17.7 Å². The van der Waals surface area contributed by atoms with Crippen molar-refractivity contribution in [1.82, 2.24) is 0 Å². The first-order valence-corrected chi connectivity index (χ1v) is 11.9. The van der Waals surface area contributed by atoms with Gasteiger partial charge in [0, 0.05) is 20.6 Å². The summed E-state index contributed by atoms with van der Waals surface area (Å²) in [5.74, 6) is -0.502. The average Bonchev–Trinajstić information content (AvgIpc) is 3.39. The summed E-state index contributed by atoms with van der Waals surface area (Å²) in [6.45, 7) is 4.71. The molecule has 32 heavy (non-hydrogen) atoms. The average molecular weight is 512 g/mol. The number of hydrogen-bond acceptors (Lipinski definition) is 5. The zero-order valence-electron chi connectivity index (χ0n) is 17.6. The Bertz CT molecular complexity index is 1170. The van der Waals surface area contributed by atoms with Crippen molar-refractivity contribution in [1.29, 1.82) is 0 Å². The number of benzene rings is 2. The Kier molecular flexibility index (Phi) is 6.48. The van der Waals surface area contributed by atoms with Crippen molar-refractivity contribution < 1.29 is 19.4 Å². The van der Waals surface area contributed by atoms with Crippen LogP contribution < -0.4 is 9.64 Å². The lowest BCUT2D eigenvalue weighted by Gasteiger charge is -2.24. The molecule has 2 heterocycles. The number of aliphatic hydroxyl groups excluding tert-OH is 1. The third-order valence-electron chi connectivity index (χ3n) is 5.05. The maximum atomic E-state index is 13.1. The number of anilines is 1. The molecule has 0 saturated carbocycles. The number of halogens is 1. The summed E-state index contributed by atoms with van der Waals surface area (Å²) in [6, 6.07) is 17.1. The number of nitrogens with zero attached hydrogens (tertiary/aromatic N) is 1. The van der Waals surface area contributed by atoms with Crippen LogP contribution in [0.15, 0.2) is 76.1 Å². The molecule has 1 amide bonds. The largest absolute Gasteiger partial charge is 0.507 e. The van der Waals surface area contributed by atoms with Crippen LogP contribution in [0.2, 0.25) is 0 Å². The van der Waals surface area contributed by atoms with Gasteiger partial charge in [-0.1, -0.05) is 41.9 Å². The number of hydrogen-bond donors (Lipinski definition) is 1. The summed E-state index contributed by atoms with van der Waals surface area (Å²) >= 11 is 4.86. The third-order valence-corrected chi connectivity index (χ3v) is 6.47. The van der Waals surface area contributed by atoms with E-state index in [9.17, 15) is 14.7 Å². The molecule has 0 spiro atoms. The van der Waals surface area contributed by atoms with Gasteiger partial charge in [0.15, 0.2) is 0 Å². The highest BCUT2D eigenvalue weighted by Gasteiger charge is 2.47. The fourth-order valence-corrected chi connectivity index (χ4v) is 4.78. The molecule has 1 aromatic heterocycles. The van der Waals surface area contributed by atoms with Gasteiger partial charge in [0.05, 0.1) is 12.2 Å². The van der Waals surface area contributed by atoms with E-state index in [1.165, 1.54) is 16.2 Å². The first kappa shape index (κ1) is 22.3. The fraction of sp³-hybridized carbons (Fsp3) is 0.200. The predicted octanol–water partition coefficient (Wildman–Crippen LogP) is 6.17. The lowest BCUT2D eigenvalue weighted by molar-refractivity contribution is -0.132. The second kappa shape index (κ2) is 9.30. The lowest BCUT2D eigenvalue weighted by Crippen LogP contribution is -2.29. The lowest BCUT2D eigenvalue weighted by atomic mass is 9.99. The number of rotatable bonds is 6. The van der Waals surface area contributed by atoms with Crippen LogP contribution >= 0.6 is 27.3 Å². The van der Waals surface area contributed by atoms with Crippen molar-refractivity contribution in [2.24, 2.45) is 5.92 Å². The van der Waals surface area contributed by atoms with E-state index in [-0.39, 0.29) is 11.3 Å². The summed E-state index contributed by atoms with van der Waals surface area (Å²) in [4.78, 5) is 28.4. The highest BCUT2D eigenvalue weighted by atomic mass is 79.9. The van der Waals surface area contributed by atoms with Gasteiger partial charge in [-0.25, -0.2) is 0 Å². The summed E-state index contributed by atoms with van der Waals surface area (Å²) in [5.41, 5.74) is 1.11. The molecule has 0 radical (unpaired) electrons. The highest BCUT2D eigenvalue weighted by molar-refractivity contribution is 9.10. The predicted molar refractivity (Wildman–Crippen MR) is 130 cm³/mol. The third kappa shape index (κ3) is 4.36. The van der Waals surface area contributed by atoms with Crippen LogP contribution in [-0.4, -0.2) is 23.4 Å². The maximum Gasteiger partial charge on any atom is 0.300 e. The fourth-order valence-electron chi connectivity index (χ4n) is 3.57. The number of thiophene rings is 1. The zero-order valence-corrected chi connectivity index (χ0v) is 20.0. The summed E-state index contributed by atoms with van der Waals surface area (Å²) in [5, 5.41) is 13.0. The van der Waals surface area contributed by atoms with Gasteiger partial charge in [-0.05, 0) is 59.8 Å². The number of Topliss-reactive ketones (excluding diaryl/α,β-unsaturated/α-hetero) is 1. The molecule has 5 nitrogen and oxygen atoms in total. The molecular weight excluding hydrogens is 490 g/mol. The van der Waals surface area contributed by atoms with Crippen LogP contribution in [0.1, 0.15) is 30.3 Å². The van der Waals surface area contributed by atoms with Gasteiger partial charge >= 0.3 is 0 Å². The van der Waals surface area contributed by atoms with Gasteiger partial charge in [0.25, 0.3) is 11.7 Å². The molecule has 0 bridgehead atoms. The van der Waals surface area contributed by atoms with Crippen LogP contribution in [0, 0.1) is 5.92 Å². The van der Waals surface area contributed by atoms with Crippen molar-refractivity contribution >= 4 is 50.4 Å². The van der Waals surface area contributed by atoms with Gasteiger partial charge in [-0.15, -0.1) is 11.3 Å². The molecule has 3 aromatic rings. The molecule has 2 aromatic carbocycles. The molecular formula is C25H22BrNO4S. The van der Waals surface area contributed by atoms with E-state index in [1.807, 2.05) is 23.6 Å². The molecule has 1 fully saturated rings. The summed E-state index contributed by atoms with van der Waals surface area (Å²) < 4.78 is 6.49. The van der Waals surface area contributed by atoms with E-state index in [0.29, 0.717) is 29.5 Å². The number of carbonyl (C=O) groups excluding carboxylic acids is 2. The molecule has 164 valence electrons. The normalized spacial score (nSPS) is 17.9. The SMILES string of the molecule is CC(C)COc1ccc(/C(O)=C2/C(=O)C(=O)N(c3cccc(Br)c3)C2c2cccs2)cc1. The monoisotopic (exact) mass is 511 g/mol. The molecule has 1 saturated heterocycles. The summed E-state index contributed by atoms with van der Waals surface area (Å²) in [7, 11) is 0. The summed E-state index contributed by atoms with van der Waals surface area (Å²) in [6.07, 6.45) is 0. The Hall–Kier alpha value is -2.90. The number of amides is 1. The first-order valence-electron chi connectivity index (χ1n) is 10.2. The second-order valence-electron chi connectivity index (χ2n) is 7.89. The molecule has 4 rings (SSSR count). The van der Waals surface area contributed by atoms with Gasteiger partial charge in [-0.3, -0.25) is 14.5 Å². The molecule has 7 heteroatoms. The number of ketones is 1. The number of aliphatic hydroxyl groups is 1. The van der Waals surface area contributed by atoms with Crippen molar-refractivity contribution in [2.75, 3.05) is 11.5 Å². The van der Waals surface area contributed by atoms with Gasteiger partial charge < -0.3 is 9.84 Å². The second-order valence-corrected chi connectivity index (χ2v) is 9.79. The van der Waals surface area contributed by atoms with Gasteiger partial charge in [-0.2, -0.15) is 0 Å². The maximum absolute atomic E-state index is 13.1. The molecule has 1 atom stereocenters. The highest BCUT2D eigenvalue weighted by Crippen LogP contribution is 2.44. The zero-order chi connectivity index (χ0) is 22.8. The van der Waals surface area contributed by atoms with E-state index >= 15 is 0 Å². The van der Waals surface area contributed by atoms with Crippen LogP contribution in [0.25, 0.3) is 5.76 Å². The molecule has 1 aliphatic heterocycles. The minimum absolute atomic E-state index is 0.0771. The first-order chi connectivity index (χ1) is 15.4. The number of carbonyl (C=O) groups is 2. The Balaban J connectivity index is 1.78. The van der Waals surface area contributed by atoms with Crippen LogP contribution in [-0.2, 0) is 9.59 Å². The van der Waals surface area contributed by atoms with Crippen molar-refractivity contribution in [3.63, 3.8) is 0 Å². The minimum Gasteiger partial charge on any atom is -0.507 e. The Morgan fingerprint density at radius 3 is 2.50 bits per heavy atom. The van der Waals surface area contributed by atoms with E-state index in [4.69, 9.17) is 4.74 Å². The smallest absolute Gasteiger partial charge is 0.300 e. The quantitative estimate of drug-likeness (QED) is 0.244. The van der Waals surface area contributed by atoms with E-state index in [0.717, 1.165) is 9.35 Å². The Morgan fingerprint density at radius 1 is 1.12 bits per heavy atom. The van der Waals surface area contributed by atoms with Crippen LogP contribution in [0.4, 0.5) is 5.69 Å². The van der Waals surface area contributed by atoms with Crippen LogP contribution in [0.3, 0.4) is 0 Å². The Labute approximate surface area is 199 Å². The van der Waals surface area contributed by atoms with Crippen LogP contribution in [0.5, 0.6) is 5.75 Å². The van der Waals surface area contributed by atoms with Gasteiger partial charge in [0.2, 0.25) is 0 Å². The van der Waals surface area contributed by atoms with E-state index in [1.54, 1.807) is 42.5 Å². The van der Waals surface area contributed by atoms with Crippen molar-refractivity contribution in [2.45, 2.75) is 19.9 Å². The van der Waals surface area contributed by atoms with Crippen molar-refractivity contribution in [3.05, 3.63) is 86.5 Å². The number of ether oxygens (including phenoxy) is 1. The minimum atomic E-state index is -0.707. The van der Waals surface area contributed by atoms with E-state index in [2.05, 4.69) is 29.8 Å². The molecule has 1 N–H and O–H groups in total. The topological polar surface area (TPSA) is 66.8 Å². The standard InChI is InChI=1S/C25H22BrNO4S/c1-15(2)14-31-19-10-8-16(9-11-19)23(28)21-22(20-7-4-12-32-20)27(25(30)24(21)29)18-6-3-5-17(26)13-18/h3-13,15,22,28H,14H2,1-2H3/b23-21-.